The number of fused-ring (bicyclic) bond motifs is 6. The molecule has 2 aliphatic carbocycles. The lowest BCUT2D eigenvalue weighted by molar-refractivity contribution is 0.420. The van der Waals surface area contributed by atoms with Gasteiger partial charge in [0, 0.05) is 50.3 Å². The molecule has 2 aromatic heterocycles. The van der Waals surface area contributed by atoms with E-state index in [2.05, 4.69) is 232 Å². The van der Waals surface area contributed by atoms with Crippen LogP contribution in [-0.2, 0) is 12.8 Å². The second kappa shape index (κ2) is 17.6. The molecule has 1 saturated carbocycles. The minimum Gasteiger partial charge on any atom is -0.314 e. The van der Waals surface area contributed by atoms with E-state index >= 15 is 0 Å². The summed E-state index contributed by atoms with van der Waals surface area (Å²) in [5.74, 6) is 1.10. The van der Waals surface area contributed by atoms with E-state index in [9.17, 15) is 0 Å². The summed E-state index contributed by atoms with van der Waals surface area (Å²) in [4.78, 5) is 2.45. The Balaban J connectivity index is 1.07. The molecule has 0 radical (unpaired) electrons. The van der Waals surface area contributed by atoms with Crippen LogP contribution in [0.1, 0.15) is 92.8 Å². The zero-order valence-corrected chi connectivity index (χ0v) is 40.0. The quantitative estimate of drug-likeness (QED) is 0.118. The van der Waals surface area contributed by atoms with Crippen LogP contribution in [0.2, 0.25) is 0 Å². The summed E-state index contributed by atoms with van der Waals surface area (Å²) in [6, 6.07) is 55.4. The number of para-hydroxylation sites is 1. The second-order valence-corrected chi connectivity index (χ2v) is 19.3. The highest BCUT2D eigenvalue weighted by molar-refractivity contribution is 6.11. The largest absolute Gasteiger partial charge is 0.314 e. The lowest BCUT2D eigenvalue weighted by Crippen LogP contribution is -2.14. The molecule has 9 aromatic rings. The molecule has 0 N–H and O–H groups in total. The Kier molecular flexibility index (Phi) is 11.2. The molecule has 0 spiro atoms. The molecule has 2 heterocycles. The van der Waals surface area contributed by atoms with Crippen molar-refractivity contribution in [2.75, 3.05) is 4.90 Å². The first-order valence-electron chi connectivity index (χ1n) is 24.7. The highest BCUT2D eigenvalue weighted by atomic mass is 15.1. The monoisotopic (exact) mass is 871 g/mol. The van der Waals surface area contributed by atoms with Crippen LogP contribution >= 0.6 is 0 Å². The standard InChI is InChI=1S/C64H61N3/c1-7-9-20-45(6)65(48-31-35-63-59(40-48)55-25-14-15-26-61(55)66(63)50-29-28-46(17-8-2)56(38-50)52-23-12-10-18-43(52)4)49-32-36-64-60(41-49)58-37-42(3)27-34-62(58)67(64)51-30-33-54(47-21-16-22-47)57(39-51)53-24-13-11-19-44(53)5/h7,9-15,18-20,23-36,38-42,47H,8,16-17,21-22,37H2,1-6H3/b9-7-,45-20+. The first-order valence-corrected chi connectivity index (χ1v) is 24.7. The molecule has 1 unspecified atom stereocenters. The van der Waals surface area contributed by atoms with Crippen LogP contribution in [0.3, 0.4) is 0 Å². The van der Waals surface area contributed by atoms with Crippen molar-refractivity contribution in [2.45, 2.75) is 86.0 Å². The molecule has 1 atom stereocenters. The van der Waals surface area contributed by atoms with Gasteiger partial charge in [0.25, 0.3) is 0 Å². The fourth-order valence-corrected chi connectivity index (χ4v) is 11.2. The number of rotatable bonds is 11. The maximum absolute atomic E-state index is 2.54. The van der Waals surface area contributed by atoms with Crippen LogP contribution in [0.15, 0.2) is 176 Å². The molecule has 7 aromatic carbocycles. The SMILES string of the molecule is C/C=C\C=C(/C)N(c1ccc2c(c1)c1c(n2-c2ccc(C3CCC3)c(-c3ccccc3C)c2)C=CC(C)C1)c1ccc2c(c1)c1ccccc1n2-c1ccc(CCC)c(-c2ccccc2C)c1. The number of hydrogen-bond donors (Lipinski definition) is 0. The Hall–Kier alpha value is -7.10. The van der Waals surface area contributed by atoms with Crippen LogP contribution in [0.5, 0.6) is 0 Å². The Morgan fingerprint density at radius 1 is 0.642 bits per heavy atom. The first-order chi connectivity index (χ1) is 32.8. The molecule has 0 aliphatic heterocycles. The summed E-state index contributed by atoms with van der Waals surface area (Å²) in [7, 11) is 0. The molecule has 3 heteroatoms. The van der Waals surface area contributed by atoms with E-state index in [1.54, 1.807) is 0 Å². The minimum atomic E-state index is 0.460. The van der Waals surface area contributed by atoms with E-state index in [0.29, 0.717) is 11.8 Å². The third-order valence-electron chi connectivity index (χ3n) is 14.8. The average molecular weight is 872 g/mol. The zero-order chi connectivity index (χ0) is 45.8. The van der Waals surface area contributed by atoms with Crippen molar-refractivity contribution in [3.05, 3.63) is 209 Å². The highest BCUT2D eigenvalue weighted by Crippen LogP contribution is 2.46. The van der Waals surface area contributed by atoms with E-state index in [1.807, 2.05) is 0 Å². The normalized spacial score (nSPS) is 15.3. The maximum atomic E-state index is 2.54. The average Bonchev–Trinajstić information content (AvgIpc) is 3.83. The van der Waals surface area contributed by atoms with Gasteiger partial charge in [0.05, 0.1) is 16.6 Å². The molecule has 1 fully saturated rings. The number of anilines is 2. The molecular weight excluding hydrogens is 811 g/mol. The number of benzene rings is 7. The number of allylic oxidation sites excluding steroid dienone is 5. The number of aromatic nitrogens is 2. The van der Waals surface area contributed by atoms with Gasteiger partial charge in [0.15, 0.2) is 0 Å². The summed E-state index contributed by atoms with van der Waals surface area (Å²) in [5, 5.41) is 3.81. The molecular formula is C64H61N3. The Bertz CT molecular complexity index is 3450. The van der Waals surface area contributed by atoms with E-state index in [0.717, 1.165) is 36.3 Å². The lowest BCUT2D eigenvalue weighted by Gasteiger charge is -2.29. The van der Waals surface area contributed by atoms with Gasteiger partial charge in [0.1, 0.15) is 0 Å². The van der Waals surface area contributed by atoms with Crippen molar-refractivity contribution in [3.8, 4) is 33.6 Å². The maximum Gasteiger partial charge on any atom is 0.0542 e. The first kappa shape index (κ1) is 42.5. The number of aryl methyl sites for hydroxylation is 3. The molecule has 0 bridgehead atoms. The van der Waals surface area contributed by atoms with Gasteiger partial charge in [-0.15, -0.1) is 0 Å². The predicted octanol–water partition coefficient (Wildman–Crippen LogP) is 17.7. The van der Waals surface area contributed by atoms with Crippen molar-refractivity contribution in [3.63, 3.8) is 0 Å². The summed E-state index contributed by atoms with van der Waals surface area (Å²) >= 11 is 0. The fraction of sp³-hybridized carbons (Fsp3) is 0.219. The van der Waals surface area contributed by atoms with Gasteiger partial charge in [-0.3, -0.25) is 0 Å². The smallest absolute Gasteiger partial charge is 0.0542 e. The Morgan fingerprint density at radius 2 is 1.27 bits per heavy atom. The van der Waals surface area contributed by atoms with Crippen LogP contribution in [0, 0.1) is 19.8 Å². The van der Waals surface area contributed by atoms with Crippen molar-refractivity contribution >= 4 is 50.2 Å². The van der Waals surface area contributed by atoms with Crippen molar-refractivity contribution in [1.82, 2.24) is 9.13 Å². The molecule has 11 rings (SSSR count). The van der Waals surface area contributed by atoms with Gasteiger partial charge in [0.2, 0.25) is 0 Å². The predicted molar refractivity (Wildman–Crippen MR) is 288 cm³/mol. The van der Waals surface area contributed by atoms with Gasteiger partial charge in [-0.25, -0.2) is 0 Å². The van der Waals surface area contributed by atoms with Crippen molar-refractivity contribution < 1.29 is 0 Å². The lowest BCUT2D eigenvalue weighted by atomic mass is 9.76. The van der Waals surface area contributed by atoms with Gasteiger partial charge in [-0.2, -0.15) is 0 Å². The Morgan fingerprint density at radius 3 is 1.97 bits per heavy atom. The van der Waals surface area contributed by atoms with E-state index in [1.165, 1.54) is 119 Å². The van der Waals surface area contributed by atoms with Gasteiger partial charge in [-0.05, 0) is 194 Å². The van der Waals surface area contributed by atoms with Gasteiger partial charge >= 0.3 is 0 Å². The molecule has 332 valence electrons. The number of hydrogen-bond acceptors (Lipinski definition) is 1. The zero-order valence-electron chi connectivity index (χ0n) is 40.0. The van der Waals surface area contributed by atoms with Gasteiger partial charge in [-0.1, -0.05) is 124 Å². The topological polar surface area (TPSA) is 13.1 Å². The van der Waals surface area contributed by atoms with E-state index in [4.69, 9.17) is 0 Å². The second-order valence-electron chi connectivity index (χ2n) is 19.3. The molecule has 3 nitrogen and oxygen atoms in total. The van der Waals surface area contributed by atoms with Gasteiger partial charge < -0.3 is 14.0 Å². The summed E-state index contributed by atoms with van der Waals surface area (Å²) < 4.78 is 5.01. The molecule has 2 aliphatic rings. The molecule has 0 saturated heterocycles. The highest BCUT2D eigenvalue weighted by Gasteiger charge is 2.27. The van der Waals surface area contributed by atoms with Crippen LogP contribution < -0.4 is 4.90 Å². The molecule has 0 amide bonds. The summed E-state index contributed by atoms with van der Waals surface area (Å²) in [5.41, 5.74) is 23.2. The van der Waals surface area contributed by atoms with Crippen LogP contribution in [-0.4, -0.2) is 9.13 Å². The fourth-order valence-electron chi connectivity index (χ4n) is 11.2. The third kappa shape index (κ3) is 7.46. The van der Waals surface area contributed by atoms with E-state index in [-0.39, 0.29) is 0 Å². The van der Waals surface area contributed by atoms with Crippen molar-refractivity contribution in [2.24, 2.45) is 5.92 Å². The van der Waals surface area contributed by atoms with Crippen LogP contribution in [0.25, 0.3) is 72.4 Å². The number of nitrogens with zero attached hydrogens (tertiary/aromatic N) is 3. The third-order valence-corrected chi connectivity index (χ3v) is 14.8. The minimum absolute atomic E-state index is 0.460. The molecule has 67 heavy (non-hydrogen) atoms. The Labute approximate surface area is 397 Å². The summed E-state index contributed by atoms with van der Waals surface area (Å²) in [6.07, 6.45) is 18.3. The van der Waals surface area contributed by atoms with E-state index < -0.39 is 0 Å². The van der Waals surface area contributed by atoms with Crippen molar-refractivity contribution in [1.29, 1.82) is 0 Å². The summed E-state index contributed by atoms with van der Waals surface area (Å²) in [6.45, 7) is 13.4. The van der Waals surface area contributed by atoms with Crippen LogP contribution in [0.4, 0.5) is 11.4 Å².